The van der Waals surface area contributed by atoms with E-state index in [-0.39, 0.29) is 42.1 Å². The van der Waals surface area contributed by atoms with Gasteiger partial charge in [-0.15, -0.1) is 0 Å². The monoisotopic (exact) mass is 657 g/mol. The Morgan fingerprint density at radius 3 is 2.49 bits per heavy atom. The van der Waals surface area contributed by atoms with Crippen LogP contribution >= 0.6 is 0 Å². The van der Waals surface area contributed by atoms with Gasteiger partial charge in [-0.2, -0.15) is 5.10 Å². The second kappa shape index (κ2) is 10.1. The molecule has 2 fully saturated rings. The Morgan fingerprint density at radius 1 is 1.13 bits per heavy atom. The van der Waals surface area contributed by atoms with Crippen LogP contribution in [0.2, 0.25) is 0 Å². The zero-order valence-electron chi connectivity index (χ0n) is 25.1. The summed E-state index contributed by atoms with van der Waals surface area (Å²) in [6, 6.07) is 5.55. The fourth-order valence-corrected chi connectivity index (χ4v) is 5.93. The number of benzene rings is 2. The van der Waals surface area contributed by atoms with E-state index < -0.39 is 75.2 Å². The third kappa shape index (κ3) is 4.61. The van der Waals surface area contributed by atoms with Crippen LogP contribution in [0.5, 0.6) is 11.5 Å². The van der Waals surface area contributed by atoms with Gasteiger partial charge in [0.1, 0.15) is 40.4 Å². The van der Waals surface area contributed by atoms with Crippen LogP contribution in [0.3, 0.4) is 0 Å². The molecule has 1 unspecified atom stereocenters. The summed E-state index contributed by atoms with van der Waals surface area (Å²) in [5, 5.41) is 19.2. The number of amides is 2. The Morgan fingerprint density at radius 2 is 1.85 bits per heavy atom. The summed E-state index contributed by atoms with van der Waals surface area (Å²) in [5.74, 6) is -8.14. The Hall–Kier alpha value is -4.79. The minimum Gasteiger partial charge on any atom is -0.494 e. The van der Waals surface area contributed by atoms with E-state index >= 15 is 8.78 Å². The maximum atomic E-state index is 16.2. The number of nitrogens with one attached hydrogen (secondary N) is 1. The zero-order valence-corrected chi connectivity index (χ0v) is 25.1. The summed E-state index contributed by atoms with van der Waals surface area (Å²) in [6.45, 7) is 0.329. The van der Waals surface area contributed by atoms with Crippen LogP contribution in [0, 0.1) is 17.5 Å². The highest BCUT2D eigenvalue weighted by molar-refractivity contribution is 6.00. The van der Waals surface area contributed by atoms with Crippen LogP contribution < -0.4 is 20.5 Å². The normalized spacial score (nSPS) is 21.4. The number of halogens is 5. The Labute approximate surface area is 263 Å². The fraction of sp³-hybridized carbons (Fsp3) is 0.375. The molecule has 2 atom stereocenters. The first kappa shape index (κ1) is 30.8. The molecule has 3 aliphatic rings. The summed E-state index contributed by atoms with van der Waals surface area (Å²) < 4.78 is 86.3. The molecule has 1 aliphatic heterocycles. The lowest BCUT2D eigenvalue weighted by atomic mass is 9.80. The number of primary amides is 1. The molecule has 0 bridgehead atoms. The molecule has 3 heterocycles. The van der Waals surface area contributed by atoms with Gasteiger partial charge in [0.15, 0.2) is 23.1 Å². The second-order valence-corrected chi connectivity index (χ2v) is 12.6. The van der Waals surface area contributed by atoms with Crippen LogP contribution in [0.25, 0.3) is 22.2 Å². The first-order valence-corrected chi connectivity index (χ1v) is 14.7. The number of rotatable bonds is 9. The number of ether oxygens (including phenoxy) is 2. The summed E-state index contributed by atoms with van der Waals surface area (Å²) in [7, 11) is 1.35. The molecule has 2 aliphatic carbocycles. The molecular formula is C32H28F5N5O5. The number of carbonyl (C=O) groups excluding carboxylic acids is 2. The first-order chi connectivity index (χ1) is 22.1. The van der Waals surface area contributed by atoms with Crippen molar-refractivity contribution in [3.8, 4) is 22.8 Å². The fourth-order valence-electron chi connectivity index (χ4n) is 5.93. The number of fused-ring (bicyclic) bond motifs is 2. The van der Waals surface area contributed by atoms with Gasteiger partial charge in [-0.05, 0) is 50.1 Å². The van der Waals surface area contributed by atoms with E-state index in [1.165, 1.54) is 43.1 Å². The Kier molecular flexibility index (Phi) is 6.63. The van der Waals surface area contributed by atoms with Crippen LogP contribution in [-0.4, -0.2) is 57.6 Å². The van der Waals surface area contributed by atoms with Crippen molar-refractivity contribution in [3.63, 3.8) is 0 Å². The largest absolute Gasteiger partial charge is 0.494 e. The minimum absolute atomic E-state index is 0.0108. The Balaban J connectivity index is 1.29. The van der Waals surface area contributed by atoms with Crippen LogP contribution in [-0.2, 0) is 21.6 Å². The predicted octanol–water partition coefficient (Wildman–Crippen LogP) is 4.20. The molecule has 0 radical (unpaired) electrons. The molecule has 246 valence electrons. The van der Waals surface area contributed by atoms with Crippen molar-refractivity contribution in [2.24, 2.45) is 5.73 Å². The van der Waals surface area contributed by atoms with E-state index in [0.29, 0.717) is 29.8 Å². The zero-order chi connectivity index (χ0) is 33.7. The molecule has 2 aromatic heterocycles. The molecule has 0 spiro atoms. The van der Waals surface area contributed by atoms with Gasteiger partial charge < -0.3 is 25.6 Å². The van der Waals surface area contributed by atoms with Crippen molar-refractivity contribution in [3.05, 3.63) is 70.8 Å². The predicted molar refractivity (Wildman–Crippen MR) is 155 cm³/mol. The number of pyridine rings is 1. The van der Waals surface area contributed by atoms with Gasteiger partial charge in [0.2, 0.25) is 11.7 Å². The number of hydrogen-bond acceptors (Lipinski definition) is 7. The highest BCUT2D eigenvalue weighted by Crippen LogP contribution is 2.55. The molecule has 4 aromatic rings. The standard InChI is InChI=1S/C32H28F5N5O5/c1-29(28(38)44)14-47-26-18(29)11-21(40-25(26)17-3-4-19(33)23(35)22(17)34)32(45,30(36)5-6-30)13-39-27(43)15-9-16-12-42(31(37)7-8-31)41-24(16)20(10-15)46-2/h3-4,9-12,45H,5-8,13-14H2,1-2H3,(H2,38,44)(H,39,43)/t29-,32?/m0/s1. The summed E-state index contributed by atoms with van der Waals surface area (Å²) in [6.07, 6.45) is 1.77. The highest BCUT2D eigenvalue weighted by Gasteiger charge is 2.62. The summed E-state index contributed by atoms with van der Waals surface area (Å²) in [5.41, 5.74) is -1.84. The quantitative estimate of drug-likeness (QED) is 0.181. The van der Waals surface area contributed by atoms with E-state index in [4.69, 9.17) is 15.2 Å². The van der Waals surface area contributed by atoms with Crippen molar-refractivity contribution in [1.29, 1.82) is 0 Å². The van der Waals surface area contributed by atoms with Gasteiger partial charge in [-0.25, -0.2) is 31.6 Å². The lowest BCUT2D eigenvalue weighted by Crippen LogP contribution is -2.49. The minimum atomic E-state index is -2.56. The number of hydrogen-bond donors (Lipinski definition) is 3. The lowest BCUT2D eigenvalue weighted by molar-refractivity contribution is -0.123. The van der Waals surface area contributed by atoms with Gasteiger partial charge >= 0.3 is 0 Å². The Bertz CT molecular complexity index is 2010. The first-order valence-electron chi connectivity index (χ1n) is 14.7. The van der Waals surface area contributed by atoms with E-state index in [9.17, 15) is 27.9 Å². The van der Waals surface area contributed by atoms with E-state index in [1.54, 1.807) is 0 Å². The topological polar surface area (TPSA) is 142 Å². The SMILES string of the molecule is COc1cc(C(=O)NCC(O)(c2cc3c(c(-c4ccc(F)c(F)c4F)n2)OC[C@]3(C)C(N)=O)C2(F)CC2)cc2cn(C3(F)CC3)nc12. The molecule has 2 aromatic carbocycles. The molecule has 10 nitrogen and oxygen atoms in total. The molecule has 15 heteroatoms. The maximum Gasteiger partial charge on any atom is 0.251 e. The average molecular weight is 658 g/mol. The van der Waals surface area contributed by atoms with Gasteiger partial charge in [0.25, 0.3) is 5.91 Å². The molecule has 4 N–H and O–H groups in total. The van der Waals surface area contributed by atoms with Crippen molar-refractivity contribution in [1.82, 2.24) is 20.1 Å². The van der Waals surface area contributed by atoms with Crippen LogP contribution in [0.4, 0.5) is 22.0 Å². The lowest BCUT2D eigenvalue weighted by Gasteiger charge is -2.33. The number of nitrogens with zero attached hydrogens (tertiary/aromatic N) is 3. The summed E-state index contributed by atoms with van der Waals surface area (Å²) in [4.78, 5) is 30.3. The smallest absolute Gasteiger partial charge is 0.251 e. The van der Waals surface area contributed by atoms with E-state index in [0.717, 1.165) is 6.07 Å². The van der Waals surface area contributed by atoms with Gasteiger partial charge in [-0.1, -0.05) is 0 Å². The van der Waals surface area contributed by atoms with Crippen molar-refractivity contribution in [2.75, 3.05) is 20.3 Å². The number of nitrogens with two attached hydrogens (primary N) is 1. The number of methoxy groups -OCH3 is 1. The number of aliphatic hydroxyl groups is 1. The van der Waals surface area contributed by atoms with Crippen LogP contribution in [0.1, 0.15) is 54.2 Å². The van der Waals surface area contributed by atoms with Gasteiger partial charge in [0.05, 0.1) is 19.3 Å². The second-order valence-electron chi connectivity index (χ2n) is 12.6. The van der Waals surface area contributed by atoms with Crippen molar-refractivity contribution >= 4 is 22.7 Å². The molecule has 0 saturated heterocycles. The molecule has 2 saturated carbocycles. The van der Waals surface area contributed by atoms with Gasteiger partial charge in [0, 0.05) is 41.1 Å². The third-order valence-electron chi connectivity index (χ3n) is 9.39. The van der Waals surface area contributed by atoms with Crippen LogP contribution in [0.15, 0.2) is 36.5 Å². The average Bonchev–Trinajstić information content (AvgIpc) is 3.90. The number of alkyl halides is 2. The maximum absolute atomic E-state index is 16.2. The molecule has 2 amide bonds. The van der Waals surface area contributed by atoms with E-state index in [2.05, 4.69) is 15.4 Å². The van der Waals surface area contributed by atoms with Crippen molar-refractivity contribution in [2.45, 2.75) is 55.1 Å². The van der Waals surface area contributed by atoms with Gasteiger partial charge in [-0.3, -0.25) is 9.59 Å². The molecule has 47 heavy (non-hydrogen) atoms. The molecule has 7 rings (SSSR count). The molecular weight excluding hydrogens is 629 g/mol. The summed E-state index contributed by atoms with van der Waals surface area (Å²) >= 11 is 0. The van der Waals surface area contributed by atoms with E-state index in [1.807, 2.05) is 0 Å². The number of aromatic nitrogens is 3. The third-order valence-corrected chi connectivity index (χ3v) is 9.39. The highest BCUT2D eigenvalue weighted by atomic mass is 19.2. The number of carbonyl (C=O) groups is 2. The van der Waals surface area contributed by atoms with Crippen molar-refractivity contribution < 1.29 is 46.1 Å².